The van der Waals surface area contributed by atoms with Crippen LogP contribution in [0.15, 0.2) is 16.8 Å². The van der Waals surface area contributed by atoms with E-state index in [9.17, 15) is 0 Å². The molecule has 0 aliphatic carbocycles. The first-order chi connectivity index (χ1) is 8.61. The van der Waals surface area contributed by atoms with Gasteiger partial charge in [0, 0.05) is 32.4 Å². The number of amidine groups is 1. The van der Waals surface area contributed by atoms with Crippen LogP contribution < -0.4 is 11.1 Å². The predicted molar refractivity (Wildman–Crippen MR) is 73.6 cm³/mol. The number of likely N-dealkylation sites (tertiary alicyclic amines) is 1. The maximum atomic E-state index is 6.01. The summed E-state index contributed by atoms with van der Waals surface area (Å²) >= 11 is 0. The van der Waals surface area contributed by atoms with Crippen molar-refractivity contribution in [3.05, 3.63) is 11.8 Å². The van der Waals surface area contributed by atoms with Crippen molar-refractivity contribution in [1.82, 2.24) is 10.2 Å². The van der Waals surface area contributed by atoms with Crippen molar-refractivity contribution in [3.63, 3.8) is 0 Å². The molecule has 5 nitrogen and oxygen atoms in total. The number of allylic oxidation sites excluding steroid dienone is 1. The quantitative estimate of drug-likeness (QED) is 0.544. The number of hydrogen-bond donors (Lipinski definition) is 2. The Morgan fingerprint density at radius 3 is 2.89 bits per heavy atom. The topological polar surface area (TPSA) is 62.9 Å². The van der Waals surface area contributed by atoms with Gasteiger partial charge in [-0.1, -0.05) is 13.8 Å². The summed E-state index contributed by atoms with van der Waals surface area (Å²) in [4.78, 5) is 6.61. The van der Waals surface area contributed by atoms with Gasteiger partial charge >= 0.3 is 0 Å². The highest BCUT2D eigenvalue weighted by Crippen LogP contribution is 2.17. The molecule has 0 aromatic carbocycles. The summed E-state index contributed by atoms with van der Waals surface area (Å²) in [5.74, 6) is 1.31. The molecule has 2 atom stereocenters. The lowest BCUT2D eigenvalue weighted by Crippen LogP contribution is -2.47. The number of nitrogens with one attached hydrogen (secondary N) is 1. The fourth-order valence-corrected chi connectivity index (χ4v) is 2.39. The minimum atomic E-state index is 0.282. The zero-order valence-corrected chi connectivity index (χ0v) is 11.5. The molecule has 18 heavy (non-hydrogen) atoms. The lowest BCUT2D eigenvalue weighted by atomic mass is 10.1. The molecular formula is C13H24N4O. The molecule has 2 rings (SSSR count). The Morgan fingerprint density at radius 1 is 1.50 bits per heavy atom. The van der Waals surface area contributed by atoms with E-state index in [0.29, 0.717) is 12.0 Å². The normalized spacial score (nSPS) is 29.9. The van der Waals surface area contributed by atoms with E-state index in [1.807, 2.05) is 13.1 Å². The number of ether oxygens (including phenoxy) is 1. The third kappa shape index (κ3) is 2.84. The molecule has 2 unspecified atom stereocenters. The van der Waals surface area contributed by atoms with Crippen molar-refractivity contribution >= 4 is 5.84 Å². The summed E-state index contributed by atoms with van der Waals surface area (Å²) in [5, 5.41) is 3.49. The summed E-state index contributed by atoms with van der Waals surface area (Å²) in [6, 6.07) is 0.421. The molecule has 2 saturated heterocycles. The largest absolute Gasteiger partial charge is 0.402 e. The van der Waals surface area contributed by atoms with Crippen LogP contribution in [-0.2, 0) is 4.74 Å². The molecule has 5 heteroatoms. The van der Waals surface area contributed by atoms with E-state index in [1.54, 1.807) is 0 Å². The Balaban J connectivity index is 2.04. The van der Waals surface area contributed by atoms with Gasteiger partial charge in [-0.25, -0.2) is 0 Å². The van der Waals surface area contributed by atoms with E-state index >= 15 is 0 Å². The third-order valence-electron chi connectivity index (χ3n) is 3.62. The highest BCUT2D eigenvalue weighted by Gasteiger charge is 2.36. The van der Waals surface area contributed by atoms with E-state index in [4.69, 9.17) is 10.5 Å². The Labute approximate surface area is 109 Å². The SMILES string of the molecule is CN=C(C=C(N)C(C)C)N1CC2NCCOC2C1. The van der Waals surface area contributed by atoms with Gasteiger partial charge in [-0.3, -0.25) is 4.99 Å². The van der Waals surface area contributed by atoms with E-state index in [2.05, 4.69) is 29.1 Å². The van der Waals surface area contributed by atoms with Gasteiger partial charge in [-0.05, 0) is 12.0 Å². The average Bonchev–Trinajstić information content (AvgIpc) is 2.78. The van der Waals surface area contributed by atoms with Crippen molar-refractivity contribution in [1.29, 1.82) is 0 Å². The van der Waals surface area contributed by atoms with Crippen molar-refractivity contribution in [2.75, 3.05) is 33.3 Å². The number of rotatable bonds is 2. The van der Waals surface area contributed by atoms with Crippen molar-refractivity contribution < 1.29 is 4.74 Å². The highest BCUT2D eigenvalue weighted by molar-refractivity contribution is 5.93. The standard InChI is InChI=1S/C13H24N4O/c1-9(2)10(14)6-13(15-3)17-7-11-12(8-17)18-5-4-16-11/h6,9,11-12,16H,4-5,7-8,14H2,1-3H3. The Hall–Kier alpha value is -1.07. The minimum absolute atomic E-state index is 0.282. The van der Waals surface area contributed by atoms with Gasteiger partial charge in [0.2, 0.25) is 0 Å². The molecule has 0 aromatic rings. The second-order valence-corrected chi connectivity index (χ2v) is 5.26. The molecule has 2 heterocycles. The van der Waals surface area contributed by atoms with Gasteiger partial charge in [0.05, 0.1) is 18.8 Å². The fraction of sp³-hybridized carbons (Fsp3) is 0.769. The van der Waals surface area contributed by atoms with Gasteiger partial charge in [-0.15, -0.1) is 0 Å². The van der Waals surface area contributed by atoms with Crippen molar-refractivity contribution in [3.8, 4) is 0 Å². The summed E-state index contributed by atoms with van der Waals surface area (Å²) in [5.41, 5.74) is 6.89. The zero-order valence-electron chi connectivity index (χ0n) is 11.5. The van der Waals surface area contributed by atoms with Gasteiger partial charge in [-0.2, -0.15) is 0 Å². The first kappa shape index (κ1) is 13.4. The van der Waals surface area contributed by atoms with Crippen LogP contribution in [0.2, 0.25) is 0 Å². The first-order valence-electron chi connectivity index (χ1n) is 6.65. The molecule has 0 saturated carbocycles. The molecule has 3 N–H and O–H groups in total. The molecule has 0 amide bonds. The van der Waals surface area contributed by atoms with Gasteiger partial charge < -0.3 is 20.7 Å². The maximum Gasteiger partial charge on any atom is 0.125 e. The first-order valence-corrected chi connectivity index (χ1v) is 6.65. The zero-order chi connectivity index (χ0) is 13.1. The lowest BCUT2D eigenvalue weighted by molar-refractivity contribution is 0.0192. The molecule has 2 fully saturated rings. The monoisotopic (exact) mass is 252 g/mol. The average molecular weight is 252 g/mol. The van der Waals surface area contributed by atoms with Crippen LogP contribution in [0.5, 0.6) is 0 Å². The van der Waals surface area contributed by atoms with Crippen LogP contribution in [0.25, 0.3) is 0 Å². The number of fused-ring (bicyclic) bond motifs is 1. The van der Waals surface area contributed by atoms with Crippen molar-refractivity contribution in [2.45, 2.75) is 26.0 Å². The second-order valence-electron chi connectivity index (χ2n) is 5.26. The molecule has 0 spiro atoms. The molecule has 102 valence electrons. The molecule has 0 aromatic heterocycles. The molecular weight excluding hydrogens is 228 g/mol. The summed E-state index contributed by atoms with van der Waals surface area (Å²) in [6.45, 7) is 7.77. The van der Waals surface area contributed by atoms with Gasteiger partial charge in [0.1, 0.15) is 5.84 Å². The number of hydrogen-bond acceptors (Lipinski definition) is 4. The molecule has 2 aliphatic heterocycles. The number of morpholine rings is 1. The minimum Gasteiger partial charge on any atom is -0.402 e. The van der Waals surface area contributed by atoms with Crippen LogP contribution in [0.3, 0.4) is 0 Å². The van der Waals surface area contributed by atoms with Crippen LogP contribution in [-0.4, -0.2) is 56.2 Å². The van der Waals surface area contributed by atoms with Gasteiger partial charge in [0.15, 0.2) is 0 Å². The van der Waals surface area contributed by atoms with Crippen molar-refractivity contribution in [2.24, 2.45) is 16.6 Å². The Bertz CT molecular complexity index is 337. The second kappa shape index (κ2) is 5.71. The fourth-order valence-electron chi connectivity index (χ4n) is 2.39. The Kier molecular flexibility index (Phi) is 4.24. The number of nitrogens with two attached hydrogens (primary N) is 1. The predicted octanol–water partition coefficient (Wildman–Crippen LogP) is 0.186. The van der Waals surface area contributed by atoms with Crippen LogP contribution in [0.4, 0.5) is 0 Å². The van der Waals surface area contributed by atoms with Crippen LogP contribution in [0, 0.1) is 5.92 Å². The highest BCUT2D eigenvalue weighted by atomic mass is 16.5. The van der Waals surface area contributed by atoms with E-state index in [0.717, 1.165) is 37.8 Å². The van der Waals surface area contributed by atoms with E-state index in [-0.39, 0.29) is 6.10 Å². The third-order valence-corrected chi connectivity index (χ3v) is 3.62. The lowest BCUT2D eigenvalue weighted by Gasteiger charge is -2.25. The van der Waals surface area contributed by atoms with Crippen LogP contribution >= 0.6 is 0 Å². The number of nitrogens with zero attached hydrogens (tertiary/aromatic N) is 2. The molecule has 0 bridgehead atoms. The molecule has 0 radical (unpaired) electrons. The Morgan fingerprint density at radius 2 is 2.28 bits per heavy atom. The summed E-state index contributed by atoms with van der Waals surface area (Å²) < 4.78 is 5.77. The molecule has 2 aliphatic rings. The number of aliphatic imine (C=N–C) groups is 1. The van der Waals surface area contributed by atoms with E-state index in [1.165, 1.54) is 0 Å². The summed E-state index contributed by atoms with van der Waals surface area (Å²) in [7, 11) is 1.82. The van der Waals surface area contributed by atoms with Crippen LogP contribution in [0.1, 0.15) is 13.8 Å². The van der Waals surface area contributed by atoms with E-state index < -0.39 is 0 Å². The maximum absolute atomic E-state index is 6.01. The smallest absolute Gasteiger partial charge is 0.125 e. The van der Waals surface area contributed by atoms with Gasteiger partial charge in [0.25, 0.3) is 0 Å². The summed E-state index contributed by atoms with van der Waals surface area (Å²) in [6.07, 6.45) is 2.27.